The van der Waals surface area contributed by atoms with Crippen LogP contribution in [0, 0.1) is 6.92 Å². The van der Waals surface area contributed by atoms with E-state index in [9.17, 15) is 13.2 Å². The number of aromatic amines is 1. The second-order valence-electron chi connectivity index (χ2n) is 2.62. The number of sulfonamides is 1. The van der Waals surface area contributed by atoms with Gasteiger partial charge in [0.15, 0.2) is 5.69 Å². The largest absolute Gasteiger partial charge is 0.476 e. The third-order valence-corrected chi connectivity index (χ3v) is 2.98. The van der Waals surface area contributed by atoms with Gasteiger partial charge in [-0.3, -0.25) is 9.94 Å². The molecule has 0 aliphatic heterocycles. The lowest BCUT2D eigenvalue weighted by molar-refractivity contribution is 0.0685. The van der Waals surface area contributed by atoms with Gasteiger partial charge in [0.05, 0.1) is 12.8 Å². The van der Waals surface area contributed by atoms with Crippen molar-refractivity contribution in [1.29, 1.82) is 0 Å². The molecule has 0 fully saturated rings. The summed E-state index contributed by atoms with van der Waals surface area (Å²) in [5.74, 6) is -1.43. The molecule has 0 bridgehead atoms. The fourth-order valence-corrected chi connectivity index (χ4v) is 2.18. The molecule has 0 aliphatic rings. The number of nitrogens with zero attached hydrogens (tertiary/aromatic N) is 1. The molecule has 84 valence electrons. The van der Waals surface area contributed by atoms with E-state index in [2.05, 4.69) is 15.0 Å². The predicted octanol–water partition coefficient (Wildman–Crippen LogP) is -0.744. The van der Waals surface area contributed by atoms with Crippen LogP contribution < -0.4 is 4.89 Å². The maximum absolute atomic E-state index is 11.5. The first-order valence-electron chi connectivity index (χ1n) is 3.73. The summed E-state index contributed by atoms with van der Waals surface area (Å²) >= 11 is 0. The van der Waals surface area contributed by atoms with Gasteiger partial charge in [0, 0.05) is 0 Å². The van der Waals surface area contributed by atoms with Gasteiger partial charge in [-0.05, 0) is 6.92 Å². The van der Waals surface area contributed by atoms with Crippen molar-refractivity contribution in [1.82, 2.24) is 15.1 Å². The van der Waals surface area contributed by atoms with Crippen LogP contribution in [0.15, 0.2) is 4.90 Å². The van der Waals surface area contributed by atoms with Crippen molar-refractivity contribution in [3.8, 4) is 0 Å². The average molecular weight is 235 g/mol. The number of nitrogens with one attached hydrogen (secondary N) is 2. The molecule has 0 aliphatic carbocycles. The van der Waals surface area contributed by atoms with Gasteiger partial charge >= 0.3 is 5.97 Å². The van der Waals surface area contributed by atoms with Crippen molar-refractivity contribution in [2.24, 2.45) is 0 Å². The molecule has 9 heteroatoms. The average Bonchev–Trinajstić information content (AvgIpc) is 2.47. The lowest BCUT2D eigenvalue weighted by Gasteiger charge is -2.03. The zero-order chi connectivity index (χ0) is 11.6. The Kier molecular flexibility index (Phi) is 3.07. The molecule has 0 atom stereocenters. The van der Waals surface area contributed by atoms with Crippen LogP contribution in [-0.4, -0.2) is 36.8 Å². The van der Waals surface area contributed by atoms with E-state index in [0.717, 1.165) is 7.11 Å². The van der Waals surface area contributed by atoms with E-state index in [1.807, 2.05) is 0 Å². The van der Waals surface area contributed by atoms with E-state index in [1.165, 1.54) is 6.92 Å². The molecular weight excluding hydrogens is 226 g/mol. The van der Waals surface area contributed by atoms with Crippen LogP contribution in [-0.2, 0) is 14.9 Å². The Morgan fingerprint density at radius 3 is 2.67 bits per heavy atom. The van der Waals surface area contributed by atoms with E-state index in [4.69, 9.17) is 5.11 Å². The molecule has 0 radical (unpaired) electrons. The van der Waals surface area contributed by atoms with Gasteiger partial charge in [-0.25, -0.2) is 13.2 Å². The number of H-pyrrole nitrogens is 1. The molecule has 15 heavy (non-hydrogen) atoms. The number of rotatable bonds is 4. The summed E-state index contributed by atoms with van der Waals surface area (Å²) < 4.78 is 23.0. The summed E-state index contributed by atoms with van der Waals surface area (Å²) in [4.78, 5) is 16.2. The summed E-state index contributed by atoms with van der Waals surface area (Å²) in [7, 11) is -2.92. The van der Waals surface area contributed by atoms with Crippen LogP contribution in [0.2, 0.25) is 0 Å². The topological polar surface area (TPSA) is 121 Å². The summed E-state index contributed by atoms with van der Waals surface area (Å²) in [5, 5.41) is 14.3. The first-order chi connectivity index (χ1) is 6.90. The van der Waals surface area contributed by atoms with Crippen LogP contribution in [0.1, 0.15) is 16.2 Å². The lowest BCUT2D eigenvalue weighted by atomic mass is 10.4. The van der Waals surface area contributed by atoms with Crippen LogP contribution in [0.25, 0.3) is 0 Å². The zero-order valence-corrected chi connectivity index (χ0v) is 8.75. The Morgan fingerprint density at radius 2 is 2.20 bits per heavy atom. The van der Waals surface area contributed by atoms with Crippen LogP contribution in [0.3, 0.4) is 0 Å². The minimum Gasteiger partial charge on any atom is -0.476 e. The fraction of sp³-hybridized carbons (Fsp3) is 0.333. The van der Waals surface area contributed by atoms with Crippen LogP contribution in [0.5, 0.6) is 0 Å². The van der Waals surface area contributed by atoms with E-state index in [-0.39, 0.29) is 5.69 Å². The molecule has 0 saturated heterocycles. The zero-order valence-electron chi connectivity index (χ0n) is 7.94. The number of hydrogen-bond acceptors (Lipinski definition) is 5. The molecule has 1 heterocycles. The number of aromatic carboxylic acids is 1. The van der Waals surface area contributed by atoms with Crippen molar-refractivity contribution in [3.05, 3.63) is 11.4 Å². The van der Waals surface area contributed by atoms with E-state index in [0.29, 0.717) is 0 Å². The van der Waals surface area contributed by atoms with E-state index < -0.39 is 26.6 Å². The molecule has 3 N–H and O–H groups in total. The quantitative estimate of drug-likeness (QED) is 0.591. The molecule has 0 spiro atoms. The van der Waals surface area contributed by atoms with Gasteiger partial charge in [0.2, 0.25) is 0 Å². The van der Waals surface area contributed by atoms with Crippen molar-refractivity contribution >= 4 is 16.0 Å². The molecule has 1 rings (SSSR count). The van der Waals surface area contributed by atoms with Gasteiger partial charge in [0.1, 0.15) is 4.90 Å². The van der Waals surface area contributed by atoms with Crippen molar-refractivity contribution in [2.75, 3.05) is 7.11 Å². The van der Waals surface area contributed by atoms with Crippen molar-refractivity contribution < 1.29 is 23.2 Å². The van der Waals surface area contributed by atoms with Crippen molar-refractivity contribution in [2.45, 2.75) is 11.8 Å². The Bertz CT molecular complexity index is 477. The predicted molar refractivity (Wildman–Crippen MR) is 47.6 cm³/mol. The monoisotopic (exact) mass is 235 g/mol. The second-order valence-corrected chi connectivity index (χ2v) is 4.20. The molecule has 0 unspecified atom stereocenters. The molecule has 8 nitrogen and oxygen atoms in total. The lowest BCUT2D eigenvalue weighted by Crippen LogP contribution is -2.24. The number of hydrogen-bond donors (Lipinski definition) is 3. The molecule has 1 aromatic rings. The van der Waals surface area contributed by atoms with Gasteiger partial charge < -0.3 is 5.11 Å². The normalized spacial score (nSPS) is 11.6. The van der Waals surface area contributed by atoms with E-state index in [1.54, 1.807) is 4.89 Å². The van der Waals surface area contributed by atoms with Gasteiger partial charge in [-0.1, -0.05) is 4.89 Å². The van der Waals surface area contributed by atoms with Gasteiger partial charge in [0.25, 0.3) is 10.0 Å². The highest BCUT2D eigenvalue weighted by Crippen LogP contribution is 2.16. The highest BCUT2D eigenvalue weighted by atomic mass is 32.2. The maximum Gasteiger partial charge on any atom is 0.357 e. The Balaban J connectivity index is 3.36. The highest BCUT2D eigenvalue weighted by Gasteiger charge is 2.28. The number of carboxylic acids is 1. The molecule has 0 saturated carbocycles. The minimum absolute atomic E-state index is 0.122. The van der Waals surface area contributed by atoms with Gasteiger partial charge in [-0.2, -0.15) is 5.10 Å². The SMILES string of the molecule is CONS(=O)(=O)c1c(C(=O)O)n[nH]c1C. The maximum atomic E-state index is 11.5. The first-order valence-corrected chi connectivity index (χ1v) is 5.21. The molecule has 0 aromatic carbocycles. The minimum atomic E-state index is -4.02. The molecule has 1 aromatic heterocycles. The molecule has 0 amide bonds. The fourth-order valence-electron chi connectivity index (χ4n) is 1.04. The van der Waals surface area contributed by atoms with Gasteiger partial charge in [-0.15, -0.1) is 0 Å². The number of carbonyl (C=O) groups is 1. The number of aryl methyl sites for hydroxylation is 1. The third kappa shape index (κ3) is 2.14. The van der Waals surface area contributed by atoms with Crippen LogP contribution >= 0.6 is 0 Å². The summed E-state index contributed by atoms with van der Waals surface area (Å²) in [6.45, 7) is 1.39. The Hall–Kier alpha value is -1.45. The Morgan fingerprint density at radius 1 is 1.60 bits per heavy atom. The number of aromatic nitrogens is 2. The van der Waals surface area contributed by atoms with Crippen LogP contribution in [0.4, 0.5) is 0 Å². The summed E-state index contributed by atoms with van der Waals surface area (Å²) in [6, 6.07) is 0. The first kappa shape index (κ1) is 11.6. The smallest absolute Gasteiger partial charge is 0.357 e. The highest BCUT2D eigenvalue weighted by molar-refractivity contribution is 7.89. The summed E-state index contributed by atoms with van der Waals surface area (Å²) in [6.07, 6.45) is 0. The van der Waals surface area contributed by atoms with E-state index >= 15 is 0 Å². The molecular formula is C6H9N3O5S. The Labute approximate surface area is 85.3 Å². The summed E-state index contributed by atoms with van der Waals surface area (Å²) in [5.41, 5.74) is -0.450. The third-order valence-electron chi connectivity index (χ3n) is 1.56. The number of carboxylic acid groups (broad SMARTS) is 1. The van der Waals surface area contributed by atoms with Crippen molar-refractivity contribution in [3.63, 3.8) is 0 Å². The standard InChI is InChI=1S/C6H9N3O5S/c1-3-5(15(12,13)9-14-2)4(6(10)11)8-7-3/h9H,1-2H3,(H,7,8)(H,10,11). The second kappa shape index (κ2) is 3.96.